The van der Waals surface area contributed by atoms with Crippen LogP contribution in [0.2, 0.25) is 0 Å². The molecule has 9 heteroatoms. The first-order valence-corrected chi connectivity index (χ1v) is 7.13. The lowest BCUT2D eigenvalue weighted by Gasteiger charge is -2.21. The zero-order chi connectivity index (χ0) is 15.3. The van der Waals surface area contributed by atoms with Gasteiger partial charge in [0, 0.05) is 5.69 Å². The van der Waals surface area contributed by atoms with Crippen LogP contribution in [0.5, 0.6) is 0 Å². The van der Waals surface area contributed by atoms with Crippen LogP contribution in [0.1, 0.15) is 18.4 Å². The molecule has 0 aromatic heterocycles. The molecule has 0 bridgehead atoms. The normalized spacial score (nSPS) is 18.1. The van der Waals surface area contributed by atoms with Gasteiger partial charge in [-0.1, -0.05) is 0 Å². The molecule has 1 aromatic rings. The number of nitrogens with one attached hydrogen (secondary N) is 1. The third kappa shape index (κ3) is 2.47. The van der Waals surface area contributed by atoms with Crippen LogP contribution in [0.25, 0.3) is 0 Å². The Labute approximate surface area is 113 Å². The standard InChI is InChI=1S/C11H12F4N2O2S/c1-6-4-7(12)9(5-8(6)16)20(18,19)17-10(2-3-10)11(13,14)15/h4-5,17H,2-3,16H2,1H3. The molecule has 0 spiro atoms. The van der Waals surface area contributed by atoms with Crippen LogP contribution >= 0.6 is 0 Å². The van der Waals surface area contributed by atoms with Crippen LogP contribution in [0, 0.1) is 12.7 Å². The van der Waals surface area contributed by atoms with Gasteiger partial charge in [-0.3, -0.25) is 0 Å². The lowest BCUT2D eigenvalue weighted by Crippen LogP contribution is -2.47. The molecule has 0 heterocycles. The van der Waals surface area contributed by atoms with Crippen molar-refractivity contribution in [3.05, 3.63) is 23.5 Å². The van der Waals surface area contributed by atoms with Crippen molar-refractivity contribution < 1.29 is 26.0 Å². The zero-order valence-corrected chi connectivity index (χ0v) is 11.2. The van der Waals surface area contributed by atoms with Crippen molar-refractivity contribution in [2.75, 3.05) is 5.73 Å². The first kappa shape index (κ1) is 15.0. The Hall–Kier alpha value is -1.35. The zero-order valence-electron chi connectivity index (χ0n) is 10.4. The molecular weight excluding hydrogens is 300 g/mol. The fourth-order valence-electron chi connectivity index (χ4n) is 1.76. The molecule has 1 aliphatic rings. The number of hydrogen-bond acceptors (Lipinski definition) is 3. The summed E-state index contributed by atoms with van der Waals surface area (Å²) in [5, 5.41) is 0. The van der Waals surface area contributed by atoms with E-state index < -0.39 is 32.5 Å². The highest BCUT2D eigenvalue weighted by molar-refractivity contribution is 7.89. The number of anilines is 1. The molecule has 1 saturated carbocycles. The first-order chi connectivity index (χ1) is 8.98. The molecule has 0 atom stereocenters. The Kier molecular flexibility index (Phi) is 3.25. The minimum Gasteiger partial charge on any atom is -0.398 e. The molecule has 20 heavy (non-hydrogen) atoms. The Bertz CT molecular complexity index is 651. The minimum absolute atomic E-state index is 0.0105. The molecule has 0 saturated heterocycles. The van der Waals surface area contributed by atoms with Crippen LogP contribution in [0.4, 0.5) is 23.2 Å². The van der Waals surface area contributed by atoms with Gasteiger partial charge < -0.3 is 5.73 Å². The van der Waals surface area contributed by atoms with E-state index in [4.69, 9.17) is 5.73 Å². The summed E-state index contributed by atoms with van der Waals surface area (Å²) in [5.74, 6) is -1.14. The van der Waals surface area contributed by atoms with Gasteiger partial charge in [0.25, 0.3) is 0 Å². The Morgan fingerprint density at radius 3 is 2.30 bits per heavy atom. The summed E-state index contributed by atoms with van der Waals surface area (Å²) in [6.45, 7) is 1.46. The van der Waals surface area contributed by atoms with E-state index in [2.05, 4.69) is 0 Å². The number of rotatable bonds is 3. The quantitative estimate of drug-likeness (QED) is 0.663. The van der Waals surface area contributed by atoms with E-state index in [1.807, 2.05) is 0 Å². The highest BCUT2D eigenvalue weighted by Gasteiger charge is 2.65. The SMILES string of the molecule is Cc1cc(F)c(S(=O)(=O)NC2(C(F)(F)F)CC2)cc1N. The molecule has 112 valence electrons. The summed E-state index contributed by atoms with van der Waals surface area (Å²) in [6, 6.07) is 1.69. The Balaban J connectivity index is 2.40. The number of halogens is 4. The highest BCUT2D eigenvalue weighted by Crippen LogP contribution is 2.49. The van der Waals surface area contributed by atoms with Gasteiger partial charge in [-0.05, 0) is 37.5 Å². The van der Waals surface area contributed by atoms with Crippen LogP contribution in [0.15, 0.2) is 17.0 Å². The Morgan fingerprint density at radius 2 is 1.85 bits per heavy atom. The third-order valence-electron chi connectivity index (χ3n) is 3.23. The average Bonchev–Trinajstić information content (AvgIpc) is 3.02. The van der Waals surface area contributed by atoms with Gasteiger partial charge >= 0.3 is 6.18 Å². The van der Waals surface area contributed by atoms with Crippen LogP contribution < -0.4 is 10.5 Å². The number of alkyl halides is 3. The minimum atomic E-state index is -4.72. The molecule has 3 N–H and O–H groups in total. The summed E-state index contributed by atoms with van der Waals surface area (Å²) in [7, 11) is -4.63. The maximum atomic E-state index is 13.7. The lowest BCUT2D eigenvalue weighted by molar-refractivity contribution is -0.160. The number of sulfonamides is 1. The van der Waals surface area contributed by atoms with Crippen LogP contribution in [-0.2, 0) is 10.0 Å². The fourth-order valence-corrected chi connectivity index (χ4v) is 3.30. The molecule has 0 aliphatic heterocycles. The summed E-state index contributed by atoms with van der Waals surface area (Å²) in [4.78, 5) is -0.879. The van der Waals surface area contributed by atoms with E-state index in [-0.39, 0.29) is 18.5 Å². The second kappa shape index (κ2) is 4.32. The summed E-state index contributed by atoms with van der Waals surface area (Å²) in [6.07, 6.45) is -5.44. The van der Waals surface area contributed by atoms with E-state index in [9.17, 15) is 26.0 Å². The number of aryl methyl sites for hydroxylation is 1. The van der Waals surface area contributed by atoms with E-state index in [0.29, 0.717) is 5.56 Å². The van der Waals surface area contributed by atoms with Crippen molar-refractivity contribution in [1.29, 1.82) is 0 Å². The van der Waals surface area contributed by atoms with Crippen molar-refractivity contribution in [1.82, 2.24) is 4.72 Å². The smallest absolute Gasteiger partial charge is 0.398 e. The molecule has 1 fully saturated rings. The molecule has 1 aromatic carbocycles. The third-order valence-corrected chi connectivity index (χ3v) is 4.78. The predicted molar refractivity (Wildman–Crippen MR) is 63.9 cm³/mol. The predicted octanol–water partition coefficient (Wildman–Crippen LogP) is 2.09. The van der Waals surface area contributed by atoms with E-state index in [0.717, 1.165) is 12.1 Å². The van der Waals surface area contributed by atoms with Gasteiger partial charge in [0.1, 0.15) is 16.3 Å². The maximum absolute atomic E-state index is 13.7. The van der Waals surface area contributed by atoms with Crippen molar-refractivity contribution in [2.24, 2.45) is 0 Å². The molecular formula is C11H12F4N2O2S. The van der Waals surface area contributed by atoms with Gasteiger partial charge in [-0.25, -0.2) is 12.8 Å². The van der Waals surface area contributed by atoms with Crippen molar-refractivity contribution >= 4 is 15.7 Å². The van der Waals surface area contributed by atoms with Gasteiger partial charge in [-0.2, -0.15) is 17.9 Å². The van der Waals surface area contributed by atoms with Crippen molar-refractivity contribution in [2.45, 2.75) is 36.4 Å². The second-order valence-electron chi connectivity index (χ2n) is 4.82. The summed E-state index contributed by atoms with van der Waals surface area (Å²) < 4.78 is 77.2. The maximum Gasteiger partial charge on any atom is 0.407 e. The van der Waals surface area contributed by atoms with Crippen LogP contribution in [0.3, 0.4) is 0 Å². The van der Waals surface area contributed by atoms with Gasteiger partial charge in [-0.15, -0.1) is 0 Å². The Morgan fingerprint density at radius 1 is 1.30 bits per heavy atom. The molecule has 0 amide bonds. The van der Waals surface area contributed by atoms with E-state index in [1.165, 1.54) is 11.6 Å². The lowest BCUT2D eigenvalue weighted by atomic mass is 10.2. The molecule has 2 rings (SSSR count). The topological polar surface area (TPSA) is 72.2 Å². The number of benzene rings is 1. The monoisotopic (exact) mass is 312 g/mol. The fraction of sp³-hybridized carbons (Fsp3) is 0.455. The molecule has 0 unspecified atom stereocenters. The largest absolute Gasteiger partial charge is 0.407 e. The summed E-state index contributed by atoms with van der Waals surface area (Å²) >= 11 is 0. The molecule has 4 nitrogen and oxygen atoms in total. The van der Waals surface area contributed by atoms with Crippen molar-refractivity contribution in [3.8, 4) is 0 Å². The van der Waals surface area contributed by atoms with E-state index in [1.54, 1.807) is 0 Å². The highest BCUT2D eigenvalue weighted by atomic mass is 32.2. The van der Waals surface area contributed by atoms with Crippen molar-refractivity contribution in [3.63, 3.8) is 0 Å². The first-order valence-electron chi connectivity index (χ1n) is 5.65. The van der Waals surface area contributed by atoms with Gasteiger partial charge in [0.05, 0.1) is 0 Å². The number of nitrogen functional groups attached to an aromatic ring is 1. The summed E-state index contributed by atoms with van der Waals surface area (Å²) in [5.41, 5.74) is 3.28. The molecule has 0 radical (unpaired) electrons. The average molecular weight is 312 g/mol. The number of nitrogens with two attached hydrogens (primary N) is 1. The van der Waals surface area contributed by atoms with Gasteiger partial charge in [0.2, 0.25) is 10.0 Å². The molecule has 1 aliphatic carbocycles. The second-order valence-corrected chi connectivity index (χ2v) is 6.48. The van der Waals surface area contributed by atoms with Crippen LogP contribution in [-0.4, -0.2) is 20.1 Å². The van der Waals surface area contributed by atoms with E-state index >= 15 is 0 Å². The number of hydrogen-bond donors (Lipinski definition) is 2. The van der Waals surface area contributed by atoms with Gasteiger partial charge in [0.15, 0.2) is 0 Å².